The molecule has 1 aromatic heterocycles. The summed E-state index contributed by atoms with van der Waals surface area (Å²) < 4.78 is 11.0. The summed E-state index contributed by atoms with van der Waals surface area (Å²) in [5.74, 6) is 0.568. The zero-order chi connectivity index (χ0) is 19.1. The van der Waals surface area contributed by atoms with Crippen LogP contribution in [0.1, 0.15) is 47.2 Å². The Morgan fingerprint density at radius 3 is 2.52 bits per heavy atom. The van der Waals surface area contributed by atoms with Gasteiger partial charge in [-0.25, -0.2) is 4.98 Å². The smallest absolute Gasteiger partial charge is 0.274 e. The van der Waals surface area contributed by atoms with Gasteiger partial charge in [-0.2, -0.15) is 0 Å². The number of amides is 2. The highest BCUT2D eigenvalue weighted by Gasteiger charge is 2.15. The first-order valence-electron chi connectivity index (χ1n) is 9.13. The molecule has 2 N–H and O–H groups in total. The van der Waals surface area contributed by atoms with E-state index >= 15 is 0 Å². The zero-order valence-corrected chi connectivity index (χ0v) is 15.3. The van der Waals surface area contributed by atoms with Gasteiger partial charge >= 0.3 is 0 Å². The van der Waals surface area contributed by atoms with Gasteiger partial charge in [0.1, 0.15) is 24.6 Å². The minimum Gasteiger partial charge on any atom is -0.486 e. The second kappa shape index (κ2) is 9.02. The zero-order valence-electron chi connectivity index (χ0n) is 15.3. The molecule has 142 valence electrons. The maximum atomic E-state index is 12.5. The maximum Gasteiger partial charge on any atom is 0.274 e. The van der Waals surface area contributed by atoms with Gasteiger partial charge in [-0.05, 0) is 30.7 Å². The van der Waals surface area contributed by atoms with E-state index in [0.717, 1.165) is 19.3 Å². The third kappa shape index (κ3) is 4.97. The Morgan fingerprint density at radius 2 is 1.74 bits per heavy atom. The lowest BCUT2D eigenvalue weighted by atomic mass is 10.2. The van der Waals surface area contributed by atoms with Gasteiger partial charge in [-0.1, -0.05) is 25.8 Å². The first kappa shape index (κ1) is 18.7. The van der Waals surface area contributed by atoms with Crippen molar-refractivity contribution in [3.05, 3.63) is 47.8 Å². The van der Waals surface area contributed by atoms with Gasteiger partial charge in [-0.15, -0.1) is 0 Å². The van der Waals surface area contributed by atoms with Crippen LogP contribution < -0.4 is 20.1 Å². The Labute approximate surface area is 158 Å². The van der Waals surface area contributed by atoms with Gasteiger partial charge in [0.2, 0.25) is 0 Å². The van der Waals surface area contributed by atoms with Crippen LogP contribution in [-0.2, 0) is 0 Å². The van der Waals surface area contributed by atoms with E-state index in [-0.39, 0.29) is 17.3 Å². The molecule has 1 aliphatic heterocycles. The summed E-state index contributed by atoms with van der Waals surface area (Å²) in [6.07, 6.45) is 3.07. The highest BCUT2D eigenvalue weighted by molar-refractivity contribution is 6.04. The van der Waals surface area contributed by atoms with Crippen molar-refractivity contribution < 1.29 is 19.1 Å². The number of benzene rings is 1. The first-order chi connectivity index (χ1) is 13.2. The molecule has 3 rings (SSSR count). The van der Waals surface area contributed by atoms with Crippen LogP contribution in [0.4, 0.5) is 5.69 Å². The van der Waals surface area contributed by atoms with Crippen molar-refractivity contribution in [1.82, 2.24) is 10.3 Å². The van der Waals surface area contributed by atoms with Crippen molar-refractivity contribution in [3.63, 3.8) is 0 Å². The van der Waals surface area contributed by atoms with Gasteiger partial charge in [0.15, 0.2) is 11.5 Å². The number of rotatable bonds is 7. The van der Waals surface area contributed by atoms with Crippen LogP contribution in [-0.4, -0.2) is 36.6 Å². The van der Waals surface area contributed by atoms with Crippen LogP contribution in [0.15, 0.2) is 36.4 Å². The Morgan fingerprint density at radius 1 is 1.00 bits per heavy atom. The highest BCUT2D eigenvalue weighted by atomic mass is 16.6. The Hall–Kier alpha value is -3.09. The van der Waals surface area contributed by atoms with Gasteiger partial charge in [0, 0.05) is 18.3 Å². The molecule has 0 fully saturated rings. The third-order valence-corrected chi connectivity index (χ3v) is 4.08. The first-order valence-corrected chi connectivity index (χ1v) is 9.13. The van der Waals surface area contributed by atoms with Crippen molar-refractivity contribution in [1.29, 1.82) is 0 Å². The Balaban J connectivity index is 1.64. The minimum absolute atomic E-state index is 0.172. The molecular weight excluding hydrogens is 346 g/mol. The highest BCUT2D eigenvalue weighted by Crippen LogP contribution is 2.32. The number of carbonyl (C=O) groups is 2. The molecule has 0 saturated carbocycles. The van der Waals surface area contributed by atoms with E-state index in [1.165, 1.54) is 0 Å². The summed E-state index contributed by atoms with van der Waals surface area (Å²) in [5, 5.41) is 5.59. The molecule has 27 heavy (non-hydrogen) atoms. The number of unbranched alkanes of at least 4 members (excludes halogenated alkanes) is 2. The molecule has 2 heterocycles. The van der Waals surface area contributed by atoms with E-state index in [0.29, 0.717) is 36.9 Å². The monoisotopic (exact) mass is 369 g/mol. The van der Waals surface area contributed by atoms with E-state index in [9.17, 15) is 9.59 Å². The molecule has 0 unspecified atom stereocenters. The molecule has 0 aliphatic carbocycles. The molecule has 0 spiro atoms. The van der Waals surface area contributed by atoms with Crippen LogP contribution in [0.2, 0.25) is 0 Å². The topological polar surface area (TPSA) is 89.6 Å². The molecule has 0 saturated heterocycles. The lowest BCUT2D eigenvalue weighted by Crippen LogP contribution is -2.26. The van der Waals surface area contributed by atoms with Crippen molar-refractivity contribution in [2.45, 2.75) is 26.2 Å². The van der Waals surface area contributed by atoms with Crippen LogP contribution in [0.3, 0.4) is 0 Å². The number of hydrogen-bond donors (Lipinski definition) is 2. The SMILES string of the molecule is CCCCCNC(=O)c1cccc(C(=O)Nc2ccc3c(c2)OCCO3)n1. The summed E-state index contributed by atoms with van der Waals surface area (Å²) in [6.45, 7) is 3.69. The van der Waals surface area contributed by atoms with E-state index in [1.807, 2.05) is 0 Å². The molecule has 0 radical (unpaired) electrons. The number of anilines is 1. The summed E-state index contributed by atoms with van der Waals surface area (Å²) in [7, 11) is 0. The fourth-order valence-electron chi connectivity index (χ4n) is 2.67. The van der Waals surface area contributed by atoms with Gasteiger partial charge in [-0.3, -0.25) is 9.59 Å². The molecule has 0 atom stereocenters. The standard InChI is InChI=1S/C20H23N3O4/c1-2-3-4-10-21-19(24)15-6-5-7-16(23-15)20(25)22-14-8-9-17-18(13-14)27-12-11-26-17/h5-9,13H,2-4,10-12H2,1H3,(H,21,24)(H,22,25). The molecule has 0 bridgehead atoms. The van der Waals surface area contributed by atoms with Gasteiger partial charge in [0.05, 0.1) is 0 Å². The molecule has 2 amide bonds. The van der Waals surface area contributed by atoms with Crippen LogP contribution in [0.5, 0.6) is 11.5 Å². The second-order valence-electron chi connectivity index (χ2n) is 6.18. The van der Waals surface area contributed by atoms with Crippen LogP contribution >= 0.6 is 0 Å². The number of nitrogens with one attached hydrogen (secondary N) is 2. The lowest BCUT2D eigenvalue weighted by molar-refractivity contribution is 0.0947. The number of ether oxygens (including phenoxy) is 2. The number of hydrogen-bond acceptors (Lipinski definition) is 5. The van der Waals surface area contributed by atoms with E-state index in [2.05, 4.69) is 22.5 Å². The molecular formula is C20H23N3O4. The van der Waals surface area contributed by atoms with Crippen LogP contribution in [0, 0.1) is 0 Å². The van der Waals surface area contributed by atoms with Crippen molar-refractivity contribution in [3.8, 4) is 11.5 Å². The molecule has 1 aliphatic rings. The normalized spacial score (nSPS) is 12.3. The quantitative estimate of drug-likeness (QED) is 0.732. The van der Waals surface area contributed by atoms with E-state index in [4.69, 9.17) is 9.47 Å². The number of nitrogens with zero attached hydrogens (tertiary/aromatic N) is 1. The van der Waals surface area contributed by atoms with Crippen molar-refractivity contribution >= 4 is 17.5 Å². The number of pyridine rings is 1. The summed E-state index contributed by atoms with van der Waals surface area (Å²) in [6, 6.07) is 9.99. The third-order valence-electron chi connectivity index (χ3n) is 4.08. The minimum atomic E-state index is -0.396. The number of carbonyl (C=O) groups excluding carboxylic acids is 2. The fourth-order valence-corrected chi connectivity index (χ4v) is 2.67. The van der Waals surface area contributed by atoms with Crippen molar-refractivity contribution in [2.24, 2.45) is 0 Å². The lowest BCUT2D eigenvalue weighted by Gasteiger charge is -2.19. The molecule has 2 aromatic rings. The Kier molecular flexibility index (Phi) is 6.25. The molecule has 1 aromatic carbocycles. The Bertz CT molecular complexity index is 823. The van der Waals surface area contributed by atoms with E-state index in [1.54, 1.807) is 36.4 Å². The largest absolute Gasteiger partial charge is 0.486 e. The predicted molar refractivity (Wildman–Crippen MR) is 101 cm³/mol. The second-order valence-corrected chi connectivity index (χ2v) is 6.18. The molecule has 7 nitrogen and oxygen atoms in total. The number of aromatic nitrogens is 1. The van der Waals surface area contributed by atoms with Gasteiger partial charge in [0.25, 0.3) is 11.8 Å². The van der Waals surface area contributed by atoms with Gasteiger partial charge < -0.3 is 20.1 Å². The average molecular weight is 369 g/mol. The predicted octanol–water partition coefficient (Wildman–Crippen LogP) is 3.03. The number of fused-ring (bicyclic) bond motifs is 1. The van der Waals surface area contributed by atoms with Crippen LogP contribution in [0.25, 0.3) is 0 Å². The van der Waals surface area contributed by atoms with Crippen molar-refractivity contribution in [2.75, 3.05) is 25.1 Å². The summed E-state index contributed by atoms with van der Waals surface area (Å²) in [4.78, 5) is 28.8. The molecule has 7 heteroatoms. The van der Waals surface area contributed by atoms with E-state index < -0.39 is 5.91 Å². The fraction of sp³-hybridized carbons (Fsp3) is 0.350. The summed E-state index contributed by atoms with van der Waals surface area (Å²) in [5.41, 5.74) is 0.966. The summed E-state index contributed by atoms with van der Waals surface area (Å²) >= 11 is 0. The maximum absolute atomic E-state index is 12.5. The average Bonchev–Trinajstić information content (AvgIpc) is 2.71.